The van der Waals surface area contributed by atoms with Gasteiger partial charge in [-0.2, -0.15) is 0 Å². The van der Waals surface area contributed by atoms with E-state index < -0.39 is 10.0 Å². The lowest BCUT2D eigenvalue weighted by atomic mass is 10.3. The quantitative estimate of drug-likeness (QED) is 0.519. The van der Waals surface area contributed by atoms with E-state index in [4.69, 9.17) is 5.14 Å². The van der Waals surface area contributed by atoms with Crippen LogP contribution in [0, 0.1) is 6.92 Å². The fraction of sp³-hybridized carbons (Fsp3) is 0.222. The first-order valence-electron chi connectivity index (χ1n) is 8.45. The molecule has 0 atom stereocenters. The summed E-state index contributed by atoms with van der Waals surface area (Å²) in [5.41, 5.74) is 4.57. The van der Waals surface area contributed by atoms with Gasteiger partial charge in [0, 0.05) is 24.7 Å². The number of pyridine rings is 1. The van der Waals surface area contributed by atoms with Crippen LogP contribution in [0.15, 0.2) is 52.8 Å². The van der Waals surface area contributed by atoms with Gasteiger partial charge in [-0.1, -0.05) is 17.8 Å². The van der Waals surface area contributed by atoms with Crippen LogP contribution in [0.1, 0.15) is 18.2 Å². The second-order valence-electron chi connectivity index (χ2n) is 6.33. The zero-order valence-corrected chi connectivity index (χ0v) is 16.6. The average molecular weight is 402 g/mol. The maximum absolute atomic E-state index is 11.6. The van der Waals surface area contributed by atoms with Crippen molar-refractivity contribution < 1.29 is 8.42 Å². The standard InChI is InChI=1S/C18H19N5O2S2/c1-3-23-16-6-5-14(27(19,24)25)8-15(16)21-18(23)26-11-13-10-22-9-12(2)4-7-17(22)20-13/h4-10H,3,11H2,1-2H3,(H2,19,24,25). The third-order valence-electron chi connectivity index (χ3n) is 4.33. The largest absolute Gasteiger partial charge is 0.319 e. The molecule has 1 aromatic carbocycles. The lowest BCUT2D eigenvalue weighted by Gasteiger charge is -2.04. The minimum atomic E-state index is -3.75. The van der Waals surface area contributed by atoms with Crippen LogP contribution in [0.3, 0.4) is 0 Å². The van der Waals surface area contributed by atoms with E-state index in [9.17, 15) is 8.42 Å². The number of nitrogens with zero attached hydrogens (tertiary/aromatic N) is 4. The molecule has 0 aliphatic carbocycles. The molecule has 0 saturated carbocycles. The van der Waals surface area contributed by atoms with Crippen molar-refractivity contribution in [2.24, 2.45) is 5.14 Å². The van der Waals surface area contributed by atoms with Crippen molar-refractivity contribution in [1.29, 1.82) is 0 Å². The van der Waals surface area contributed by atoms with Crippen LogP contribution >= 0.6 is 11.8 Å². The van der Waals surface area contributed by atoms with Crippen LogP contribution < -0.4 is 5.14 Å². The Morgan fingerprint density at radius 3 is 2.70 bits per heavy atom. The first-order chi connectivity index (χ1) is 12.8. The molecule has 0 saturated heterocycles. The van der Waals surface area contributed by atoms with Gasteiger partial charge < -0.3 is 8.97 Å². The SMILES string of the molecule is CCn1c(SCc2cn3cc(C)ccc3n2)nc2cc(S(N)(=O)=O)ccc21. The highest BCUT2D eigenvalue weighted by Gasteiger charge is 2.15. The molecule has 0 unspecified atom stereocenters. The highest BCUT2D eigenvalue weighted by Crippen LogP contribution is 2.28. The molecule has 7 nitrogen and oxygen atoms in total. The molecule has 0 amide bonds. The molecule has 0 aliphatic heterocycles. The Kier molecular flexibility index (Phi) is 4.45. The topological polar surface area (TPSA) is 95.3 Å². The van der Waals surface area contributed by atoms with Gasteiger partial charge >= 0.3 is 0 Å². The van der Waals surface area contributed by atoms with Crippen LogP contribution in [0.25, 0.3) is 16.7 Å². The number of nitrogens with two attached hydrogens (primary N) is 1. The molecule has 0 fully saturated rings. The number of rotatable bonds is 5. The van der Waals surface area contributed by atoms with Gasteiger partial charge in [-0.15, -0.1) is 0 Å². The number of sulfonamides is 1. The average Bonchev–Trinajstić information content (AvgIpc) is 3.17. The van der Waals surface area contributed by atoms with Crippen molar-refractivity contribution in [2.45, 2.75) is 36.2 Å². The lowest BCUT2D eigenvalue weighted by molar-refractivity contribution is 0.598. The van der Waals surface area contributed by atoms with Crippen LogP contribution in [0.4, 0.5) is 0 Å². The molecular weight excluding hydrogens is 382 g/mol. The number of hydrogen-bond donors (Lipinski definition) is 1. The molecule has 2 N–H and O–H groups in total. The van der Waals surface area contributed by atoms with Crippen LogP contribution in [0.2, 0.25) is 0 Å². The van der Waals surface area contributed by atoms with Crippen molar-refractivity contribution in [3.8, 4) is 0 Å². The molecule has 9 heteroatoms. The van der Waals surface area contributed by atoms with Gasteiger partial charge in [0.1, 0.15) is 5.65 Å². The highest BCUT2D eigenvalue weighted by molar-refractivity contribution is 7.98. The summed E-state index contributed by atoms with van der Waals surface area (Å²) in [7, 11) is -3.75. The molecule has 27 heavy (non-hydrogen) atoms. The molecule has 3 heterocycles. The monoisotopic (exact) mass is 401 g/mol. The Morgan fingerprint density at radius 2 is 1.96 bits per heavy atom. The molecule has 140 valence electrons. The van der Waals surface area contributed by atoms with Crippen molar-refractivity contribution in [2.75, 3.05) is 0 Å². The zero-order chi connectivity index (χ0) is 19.2. The van der Waals surface area contributed by atoms with Gasteiger partial charge in [0.2, 0.25) is 10.0 Å². The number of benzene rings is 1. The molecule has 0 aliphatic rings. The summed E-state index contributed by atoms with van der Waals surface area (Å²) in [5, 5.41) is 6.06. The Morgan fingerprint density at radius 1 is 1.15 bits per heavy atom. The molecular formula is C18H19N5O2S2. The van der Waals surface area contributed by atoms with Crippen LogP contribution in [-0.4, -0.2) is 27.4 Å². The Bertz CT molecular complexity index is 1260. The Hall–Kier alpha value is -2.36. The Labute approximate surface area is 161 Å². The number of hydrogen-bond acceptors (Lipinski definition) is 5. The number of imidazole rings is 2. The van der Waals surface area contributed by atoms with Crippen molar-refractivity contribution in [1.82, 2.24) is 18.9 Å². The number of thioether (sulfide) groups is 1. The van der Waals surface area contributed by atoms with Gasteiger partial charge in [-0.3, -0.25) is 0 Å². The minimum absolute atomic E-state index is 0.0722. The number of fused-ring (bicyclic) bond motifs is 2. The smallest absolute Gasteiger partial charge is 0.238 e. The highest BCUT2D eigenvalue weighted by atomic mass is 32.2. The van der Waals surface area contributed by atoms with E-state index in [0.29, 0.717) is 11.3 Å². The molecule has 3 aromatic heterocycles. The predicted molar refractivity (Wildman–Crippen MR) is 106 cm³/mol. The number of aryl methyl sites for hydroxylation is 2. The maximum Gasteiger partial charge on any atom is 0.238 e. The fourth-order valence-corrected chi connectivity index (χ4v) is 4.54. The summed E-state index contributed by atoms with van der Waals surface area (Å²) < 4.78 is 27.3. The minimum Gasteiger partial charge on any atom is -0.319 e. The van der Waals surface area contributed by atoms with E-state index in [2.05, 4.69) is 14.5 Å². The molecule has 0 radical (unpaired) electrons. The second kappa shape index (κ2) is 6.66. The Balaban J connectivity index is 1.65. The molecule has 4 rings (SSSR count). The van der Waals surface area contributed by atoms with Crippen molar-refractivity contribution >= 4 is 38.5 Å². The zero-order valence-electron chi connectivity index (χ0n) is 15.0. The van der Waals surface area contributed by atoms with E-state index in [1.165, 1.54) is 17.7 Å². The first kappa shape index (κ1) is 18.0. The summed E-state index contributed by atoms with van der Waals surface area (Å²) in [5.74, 6) is 0.673. The summed E-state index contributed by atoms with van der Waals surface area (Å²) in [6.07, 6.45) is 4.07. The number of primary sulfonamides is 1. The van der Waals surface area contributed by atoms with Gasteiger partial charge in [0.05, 0.1) is 21.6 Å². The summed E-state index contributed by atoms with van der Waals surface area (Å²) >= 11 is 1.58. The van der Waals surface area contributed by atoms with E-state index in [-0.39, 0.29) is 4.90 Å². The van der Waals surface area contributed by atoms with Crippen LogP contribution in [-0.2, 0) is 22.3 Å². The van der Waals surface area contributed by atoms with E-state index in [1.54, 1.807) is 17.8 Å². The molecule has 0 bridgehead atoms. The fourth-order valence-electron chi connectivity index (χ4n) is 3.04. The van der Waals surface area contributed by atoms with Gasteiger partial charge in [0.25, 0.3) is 0 Å². The van der Waals surface area contributed by atoms with E-state index in [1.807, 2.05) is 42.8 Å². The van der Waals surface area contributed by atoms with Crippen molar-refractivity contribution in [3.05, 3.63) is 54.0 Å². The second-order valence-corrected chi connectivity index (χ2v) is 8.83. The molecule has 0 spiro atoms. The third-order valence-corrected chi connectivity index (χ3v) is 6.25. The lowest BCUT2D eigenvalue weighted by Crippen LogP contribution is -2.11. The van der Waals surface area contributed by atoms with E-state index in [0.717, 1.165) is 28.6 Å². The van der Waals surface area contributed by atoms with Crippen molar-refractivity contribution in [3.63, 3.8) is 0 Å². The normalized spacial score (nSPS) is 12.3. The van der Waals surface area contributed by atoms with Gasteiger partial charge in [0.15, 0.2) is 5.16 Å². The predicted octanol–water partition coefficient (Wildman–Crippen LogP) is 2.95. The van der Waals surface area contributed by atoms with E-state index >= 15 is 0 Å². The number of aromatic nitrogens is 4. The first-order valence-corrected chi connectivity index (χ1v) is 11.0. The van der Waals surface area contributed by atoms with Crippen LogP contribution in [0.5, 0.6) is 0 Å². The summed E-state index contributed by atoms with van der Waals surface area (Å²) in [4.78, 5) is 9.32. The summed E-state index contributed by atoms with van der Waals surface area (Å²) in [6.45, 7) is 4.82. The van der Waals surface area contributed by atoms with Gasteiger partial charge in [-0.05, 0) is 43.7 Å². The maximum atomic E-state index is 11.6. The van der Waals surface area contributed by atoms with Gasteiger partial charge in [-0.25, -0.2) is 23.5 Å². The summed E-state index contributed by atoms with van der Waals surface area (Å²) in [6, 6.07) is 8.83. The third kappa shape index (κ3) is 3.45. The molecule has 4 aromatic rings.